The van der Waals surface area contributed by atoms with Crippen LogP contribution in [-0.4, -0.2) is 49.3 Å². The molecule has 1 N–H and O–H groups in total. The van der Waals surface area contributed by atoms with E-state index in [1.807, 2.05) is 31.2 Å². The summed E-state index contributed by atoms with van der Waals surface area (Å²) >= 11 is 1.32. The molecule has 0 unspecified atom stereocenters. The van der Waals surface area contributed by atoms with Gasteiger partial charge in [-0.1, -0.05) is 12.1 Å². The van der Waals surface area contributed by atoms with E-state index >= 15 is 0 Å². The molecule has 0 aliphatic heterocycles. The average Bonchev–Trinajstić information content (AvgIpc) is 3.09. The highest BCUT2D eigenvalue weighted by Gasteiger charge is 2.18. The minimum absolute atomic E-state index is 0.221. The van der Waals surface area contributed by atoms with Crippen LogP contribution in [0.15, 0.2) is 29.6 Å². The van der Waals surface area contributed by atoms with Gasteiger partial charge in [-0.2, -0.15) is 0 Å². The molecule has 8 heteroatoms. The largest absolute Gasteiger partial charge is 0.464 e. The molecule has 2 aromatic rings. The number of amides is 2. The van der Waals surface area contributed by atoms with E-state index in [0.29, 0.717) is 31.1 Å². The second-order valence-corrected chi connectivity index (χ2v) is 6.63. The van der Waals surface area contributed by atoms with E-state index in [9.17, 15) is 9.59 Å². The van der Waals surface area contributed by atoms with Gasteiger partial charge in [0.2, 0.25) is 0 Å². The van der Waals surface area contributed by atoms with Crippen LogP contribution in [0.2, 0.25) is 0 Å². The van der Waals surface area contributed by atoms with Gasteiger partial charge in [0.15, 0.2) is 5.69 Å². The van der Waals surface area contributed by atoms with Gasteiger partial charge in [-0.25, -0.2) is 14.6 Å². The van der Waals surface area contributed by atoms with E-state index in [4.69, 9.17) is 4.74 Å². The second kappa shape index (κ2) is 9.88. The maximum Gasteiger partial charge on any atom is 0.357 e. The van der Waals surface area contributed by atoms with Crippen molar-refractivity contribution >= 4 is 29.0 Å². The number of carbonyl (C=O) groups excluding carboxylic acids is 2. The Morgan fingerprint density at radius 1 is 1.31 bits per heavy atom. The Hall–Kier alpha value is -2.45. The van der Waals surface area contributed by atoms with Gasteiger partial charge in [0.1, 0.15) is 5.01 Å². The Balaban J connectivity index is 2.07. The molecule has 0 bridgehead atoms. The number of hydrogen-bond donors (Lipinski definition) is 1. The lowest BCUT2D eigenvalue weighted by molar-refractivity contribution is 0.0594. The molecule has 7 nitrogen and oxygen atoms in total. The quantitative estimate of drug-likeness (QED) is 0.564. The Morgan fingerprint density at radius 3 is 2.81 bits per heavy atom. The van der Waals surface area contributed by atoms with Crippen LogP contribution in [0.4, 0.5) is 10.5 Å². The molecule has 0 saturated carbocycles. The molecule has 0 spiro atoms. The monoisotopic (exact) mass is 377 g/mol. The SMILES string of the molecule is COCCCN(Cc1nc(C(=O)OC)cs1)C(=O)Nc1cccc(C)c1. The average molecular weight is 377 g/mol. The molecule has 0 aliphatic rings. The fourth-order valence-corrected chi connectivity index (χ4v) is 3.10. The number of nitrogens with zero attached hydrogens (tertiary/aromatic N) is 2. The lowest BCUT2D eigenvalue weighted by Gasteiger charge is -2.22. The van der Waals surface area contributed by atoms with Crippen LogP contribution in [0.3, 0.4) is 0 Å². The van der Waals surface area contributed by atoms with E-state index in [2.05, 4.69) is 15.0 Å². The summed E-state index contributed by atoms with van der Waals surface area (Å²) < 4.78 is 9.74. The molecule has 26 heavy (non-hydrogen) atoms. The number of hydrogen-bond acceptors (Lipinski definition) is 6. The van der Waals surface area contributed by atoms with E-state index in [1.54, 1.807) is 17.4 Å². The number of methoxy groups -OCH3 is 2. The normalized spacial score (nSPS) is 10.4. The zero-order valence-electron chi connectivity index (χ0n) is 15.2. The first-order valence-corrected chi connectivity index (χ1v) is 9.05. The highest BCUT2D eigenvalue weighted by molar-refractivity contribution is 7.09. The standard InChI is InChI=1S/C18H23N3O4S/c1-13-6-4-7-14(10-13)19-18(23)21(8-5-9-24-2)11-16-20-15(12-26-16)17(22)25-3/h4,6-7,10,12H,5,8-9,11H2,1-3H3,(H,19,23). The molecule has 140 valence electrons. The first-order valence-electron chi connectivity index (χ1n) is 8.17. The van der Waals surface area contributed by atoms with E-state index in [-0.39, 0.29) is 11.7 Å². The number of nitrogens with one attached hydrogen (secondary N) is 1. The predicted molar refractivity (Wildman–Crippen MR) is 101 cm³/mol. The molecule has 0 aliphatic carbocycles. The van der Waals surface area contributed by atoms with Crippen molar-refractivity contribution in [3.63, 3.8) is 0 Å². The minimum Gasteiger partial charge on any atom is -0.464 e. The molecule has 1 aromatic carbocycles. The number of esters is 1. The molecule has 1 heterocycles. The topological polar surface area (TPSA) is 80.8 Å². The van der Waals surface area contributed by atoms with Crippen LogP contribution < -0.4 is 5.32 Å². The van der Waals surface area contributed by atoms with Crippen LogP contribution in [0.1, 0.15) is 27.5 Å². The number of carbonyl (C=O) groups is 2. The molecule has 2 rings (SSSR count). The maximum absolute atomic E-state index is 12.7. The lowest BCUT2D eigenvalue weighted by atomic mass is 10.2. The molecule has 0 atom stereocenters. The van der Waals surface area contributed by atoms with Crippen LogP contribution in [-0.2, 0) is 16.0 Å². The number of thiazole rings is 1. The van der Waals surface area contributed by atoms with Gasteiger partial charge in [0.05, 0.1) is 13.7 Å². The summed E-state index contributed by atoms with van der Waals surface area (Å²) in [4.78, 5) is 30.1. The van der Waals surface area contributed by atoms with E-state index in [1.165, 1.54) is 18.4 Å². The number of aromatic nitrogens is 1. The van der Waals surface area contributed by atoms with Crippen molar-refractivity contribution in [3.05, 3.63) is 45.9 Å². The third-order valence-electron chi connectivity index (χ3n) is 3.61. The number of benzene rings is 1. The third kappa shape index (κ3) is 5.82. The van der Waals surface area contributed by atoms with Gasteiger partial charge < -0.3 is 19.7 Å². The van der Waals surface area contributed by atoms with E-state index in [0.717, 1.165) is 11.3 Å². The van der Waals surface area contributed by atoms with Crippen molar-refractivity contribution in [2.24, 2.45) is 0 Å². The molecule has 0 fully saturated rings. The van der Waals surface area contributed by atoms with Gasteiger partial charge in [0.25, 0.3) is 0 Å². The first kappa shape index (κ1) is 19.9. The Morgan fingerprint density at radius 2 is 2.12 bits per heavy atom. The summed E-state index contributed by atoms with van der Waals surface area (Å²) in [6.45, 7) is 3.34. The van der Waals surface area contributed by atoms with Gasteiger partial charge in [0, 0.05) is 31.3 Å². The number of urea groups is 1. The lowest BCUT2D eigenvalue weighted by Crippen LogP contribution is -2.35. The van der Waals surface area contributed by atoms with Crippen molar-refractivity contribution in [1.29, 1.82) is 0 Å². The first-order chi connectivity index (χ1) is 12.5. The Labute approximate surface area is 156 Å². The summed E-state index contributed by atoms with van der Waals surface area (Å²) in [6, 6.07) is 7.39. The molecule has 0 radical (unpaired) electrons. The zero-order valence-corrected chi connectivity index (χ0v) is 16.0. The number of anilines is 1. The molecular weight excluding hydrogens is 354 g/mol. The van der Waals surface area contributed by atoms with Crippen LogP contribution in [0.25, 0.3) is 0 Å². The molecule has 0 saturated heterocycles. The van der Waals surface area contributed by atoms with Gasteiger partial charge in [-0.05, 0) is 31.0 Å². The highest BCUT2D eigenvalue weighted by Crippen LogP contribution is 2.16. The smallest absolute Gasteiger partial charge is 0.357 e. The highest BCUT2D eigenvalue weighted by atomic mass is 32.1. The number of rotatable bonds is 8. The summed E-state index contributed by atoms with van der Waals surface area (Å²) in [5, 5.41) is 5.20. The Bertz CT molecular complexity index is 748. The summed E-state index contributed by atoms with van der Waals surface area (Å²) in [5.74, 6) is -0.484. The minimum atomic E-state index is -0.484. The van der Waals surface area contributed by atoms with Crippen molar-refractivity contribution in [3.8, 4) is 0 Å². The van der Waals surface area contributed by atoms with Gasteiger partial charge in [-0.15, -0.1) is 11.3 Å². The Kier molecular flexibility index (Phi) is 7.55. The second-order valence-electron chi connectivity index (χ2n) is 5.69. The van der Waals surface area contributed by atoms with E-state index < -0.39 is 5.97 Å². The summed E-state index contributed by atoms with van der Waals surface area (Å²) in [6.07, 6.45) is 0.701. The van der Waals surface area contributed by atoms with Crippen LogP contribution in [0, 0.1) is 6.92 Å². The maximum atomic E-state index is 12.7. The fourth-order valence-electron chi connectivity index (χ4n) is 2.32. The van der Waals surface area contributed by atoms with Crippen LogP contribution >= 0.6 is 11.3 Å². The molecule has 2 amide bonds. The number of aryl methyl sites for hydroxylation is 1. The summed E-state index contributed by atoms with van der Waals surface area (Å²) in [5.41, 5.74) is 2.06. The van der Waals surface area contributed by atoms with Gasteiger partial charge >= 0.3 is 12.0 Å². The van der Waals surface area contributed by atoms with Gasteiger partial charge in [-0.3, -0.25) is 0 Å². The predicted octanol–water partition coefficient (Wildman–Crippen LogP) is 3.31. The zero-order chi connectivity index (χ0) is 18.9. The van der Waals surface area contributed by atoms with Crippen molar-refractivity contribution in [1.82, 2.24) is 9.88 Å². The molecule has 1 aromatic heterocycles. The molecular formula is C18H23N3O4S. The number of ether oxygens (including phenoxy) is 2. The van der Waals surface area contributed by atoms with Crippen LogP contribution in [0.5, 0.6) is 0 Å². The summed E-state index contributed by atoms with van der Waals surface area (Å²) in [7, 11) is 2.94. The van der Waals surface area contributed by atoms with Crippen molar-refractivity contribution < 1.29 is 19.1 Å². The fraction of sp³-hybridized carbons (Fsp3) is 0.389. The third-order valence-corrected chi connectivity index (χ3v) is 4.44. The van der Waals surface area contributed by atoms with Crippen molar-refractivity contribution in [2.45, 2.75) is 19.9 Å². The van der Waals surface area contributed by atoms with Crippen molar-refractivity contribution in [2.75, 3.05) is 32.7 Å².